The quantitative estimate of drug-likeness (QED) is 0.279. The topological polar surface area (TPSA) is 138 Å². The fourth-order valence-electron chi connectivity index (χ4n) is 4.14. The predicted molar refractivity (Wildman–Crippen MR) is 148 cm³/mol. The molecule has 39 heavy (non-hydrogen) atoms. The molecule has 0 radical (unpaired) electrons. The number of tetrazole rings is 1. The van der Waals surface area contributed by atoms with Crippen molar-refractivity contribution >= 4 is 17.7 Å². The number of hydrogen-bond acceptors (Lipinski definition) is 9. The zero-order valence-electron chi connectivity index (χ0n) is 21.7. The number of nitrogens with zero attached hydrogens (tertiary/aromatic N) is 8. The molecule has 0 aliphatic rings. The number of amides is 1. The normalized spacial score (nSPS) is 10.8. The molecule has 0 fully saturated rings. The van der Waals surface area contributed by atoms with Crippen LogP contribution >= 0.6 is 0 Å². The van der Waals surface area contributed by atoms with Crippen molar-refractivity contribution in [2.45, 2.75) is 33.2 Å². The first-order chi connectivity index (χ1) is 19.1. The van der Waals surface area contributed by atoms with E-state index in [0.717, 1.165) is 28.7 Å². The summed E-state index contributed by atoms with van der Waals surface area (Å²) in [5.74, 6) is 1.85. The molecule has 0 saturated carbocycles. The van der Waals surface area contributed by atoms with Gasteiger partial charge in [0.15, 0.2) is 5.82 Å². The number of anilines is 2. The van der Waals surface area contributed by atoms with Crippen molar-refractivity contribution < 1.29 is 4.79 Å². The summed E-state index contributed by atoms with van der Waals surface area (Å²) in [6.07, 6.45) is 4.51. The summed E-state index contributed by atoms with van der Waals surface area (Å²) in [5.41, 5.74) is 4.25. The third-order valence-electron chi connectivity index (χ3n) is 6.00. The molecule has 11 nitrogen and oxygen atoms in total. The molecule has 5 rings (SSSR count). The summed E-state index contributed by atoms with van der Waals surface area (Å²) in [4.78, 5) is 33.4. The number of carbonyl (C=O) groups excluding carboxylic acids is 1. The average molecular weight is 521 g/mol. The first kappa shape index (κ1) is 25.6. The highest BCUT2D eigenvalue weighted by Gasteiger charge is 2.18. The largest absolute Gasteiger partial charge is 0.333 e. The third kappa shape index (κ3) is 6.45. The molecule has 0 atom stereocenters. The second kappa shape index (κ2) is 12.0. The minimum absolute atomic E-state index is 0.171. The van der Waals surface area contributed by atoms with Crippen molar-refractivity contribution in [2.75, 3.05) is 16.8 Å². The van der Waals surface area contributed by atoms with Gasteiger partial charge in [-0.05, 0) is 35.4 Å². The number of benzene rings is 2. The number of H-pyrrole nitrogens is 1. The smallest absolute Gasteiger partial charge is 0.229 e. The molecule has 196 valence electrons. The summed E-state index contributed by atoms with van der Waals surface area (Å²) < 4.78 is 0. The highest BCUT2D eigenvalue weighted by Crippen LogP contribution is 2.31. The van der Waals surface area contributed by atoms with Gasteiger partial charge in [-0.3, -0.25) is 4.79 Å². The van der Waals surface area contributed by atoms with Gasteiger partial charge in [0.25, 0.3) is 0 Å². The van der Waals surface area contributed by atoms with Crippen LogP contribution in [0, 0.1) is 6.92 Å². The highest BCUT2D eigenvalue weighted by molar-refractivity contribution is 5.92. The Kier molecular flexibility index (Phi) is 7.87. The molecule has 3 heterocycles. The molecule has 0 spiro atoms. The lowest BCUT2D eigenvalue weighted by molar-refractivity contribution is -0.115. The summed E-state index contributed by atoms with van der Waals surface area (Å²) >= 11 is 0. The first-order valence-electron chi connectivity index (χ1n) is 12.7. The fraction of sp³-hybridized carbons (Fsp3) is 0.214. The van der Waals surface area contributed by atoms with Crippen molar-refractivity contribution in [1.29, 1.82) is 0 Å². The molecular formula is C28H28N10O. The first-order valence-corrected chi connectivity index (χ1v) is 12.7. The Hall–Kier alpha value is -5.06. The maximum absolute atomic E-state index is 13.0. The monoisotopic (exact) mass is 520 g/mol. The standard InChI is InChI=1S/C28H28N10O/c1-3-15-38(18-25-29-13-6-14-30-25)28-31-23(21-7-4-5-8-22(21)27-34-36-37-35-27)17-24(33-28)32-26(39)16-20-11-9-19(2)10-12-20/h4-14,17H,3,15-16,18H2,1-2H3,(H,31,32,33,39)(H,34,35,36,37). The van der Waals surface area contributed by atoms with E-state index in [4.69, 9.17) is 9.97 Å². The van der Waals surface area contributed by atoms with E-state index < -0.39 is 0 Å². The molecule has 1 amide bonds. The van der Waals surface area contributed by atoms with Crippen molar-refractivity contribution in [2.24, 2.45) is 0 Å². The van der Waals surface area contributed by atoms with Crippen LogP contribution in [0.5, 0.6) is 0 Å². The van der Waals surface area contributed by atoms with Gasteiger partial charge in [-0.15, -0.1) is 5.10 Å². The lowest BCUT2D eigenvalue weighted by atomic mass is 10.0. The van der Waals surface area contributed by atoms with E-state index in [9.17, 15) is 4.79 Å². The van der Waals surface area contributed by atoms with Crippen LogP contribution in [0.2, 0.25) is 0 Å². The molecule has 5 aromatic rings. The van der Waals surface area contributed by atoms with Gasteiger partial charge in [0, 0.05) is 36.1 Å². The Morgan fingerprint density at radius 2 is 1.74 bits per heavy atom. The lowest BCUT2D eigenvalue weighted by Crippen LogP contribution is -2.27. The summed E-state index contributed by atoms with van der Waals surface area (Å²) in [6.45, 7) is 5.19. The minimum atomic E-state index is -0.171. The second-order valence-corrected chi connectivity index (χ2v) is 9.03. The van der Waals surface area contributed by atoms with E-state index in [0.29, 0.717) is 42.2 Å². The van der Waals surface area contributed by atoms with Crippen LogP contribution in [-0.2, 0) is 17.8 Å². The Morgan fingerprint density at radius 3 is 2.46 bits per heavy atom. The SMILES string of the molecule is CCCN(Cc1ncccn1)c1nc(NC(=O)Cc2ccc(C)cc2)cc(-c2ccccc2-c2nnn[nH]2)n1. The fourth-order valence-corrected chi connectivity index (χ4v) is 4.14. The van der Waals surface area contributed by atoms with Gasteiger partial charge in [-0.2, -0.15) is 4.98 Å². The minimum Gasteiger partial charge on any atom is -0.333 e. The molecule has 2 aromatic carbocycles. The van der Waals surface area contributed by atoms with Gasteiger partial charge in [-0.1, -0.05) is 61.0 Å². The van der Waals surface area contributed by atoms with E-state index in [1.165, 1.54) is 0 Å². The van der Waals surface area contributed by atoms with E-state index in [1.54, 1.807) is 24.5 Å². The van der Waals surface area contributed by atoms with E-state index >= 15 is 0 Å². The third-order valence-corrected chi connectivity index (χ3v) is 6.00. The molecule has 0 unspecified atom stereocenters. The van der Waals surface area contributed by atoms with Gasteiger partial charge in [0.05, 0.1) is 18.7 Å². The second-order valence-electron chi connectivity index (χ2n) is 9.03. The number of aromatic nitrogens is 8. The van der Waals surface area contributed by atoms with Crippen LogP contribution in [0.4, 0.5) is 11.8 Å². The molecule has 0 aliphatic heterocycles. The number of aromatic amines is 1. The Morgan fingerprint density at radius 1 is 0.974 bits per heavy atom. The molecule has 0 saturated heterocycles. The summed E-state index contributed by atoms with van der Waals surface area (Å²) in [6, 6.07) is 19.1. The number of nitrogens with one attached hydrogen (secondary N) is 2. The van der Waals surface area contributed by atoms with E-state index in [1.807, 2.05) is 60.4 Å². The molecule has 3 aromatic heterocycles. The van der Waals surface area contributed by atoms with Gasteiger partial charge in [-0.25, -0.2) is 20.1 Å². The number of carbonyl (C=O) groups is 1. The average Bonchev–Trinajstić information content (AvgIpc) is 3.50. The molecule has 0 aliphatic carbocycles. The summed E-state index contributed by atoms with van der Waals surface area (Å²) in [5, 5.41) is 17.3. The van der Waals surface area contributed by atoms with Gasteiger partial charge < -0.3 is 10.2 Å². The molecule has 11 heteroatoms. The zero-order valence-corrected chi connectivity index (χ0v) is 21.7. The van der Waals surface area contributed by atoms with Crippen molar-refractivity contribution in [3.05, 3.63) is 90.0 Å². The van der Waals surface area contributed by atoms with Gasteiger partial charge >= 0.3 is 0 Å². The van der Waals surface area contributed by atoms with Crippen LogP contribution in [0.25, 0.3) is 22.6 Å². The number of hydrogen-bond donors (Lipinski definition) is 2. The molecular weight excluding hydrogens is 492 g/mol. The maximum Gasteiger partial charge on any atom is 0.229 e. The number of rotatable bonds is 10. The van der Waals surface area contributed by atoms with E-state index in [2.05, 4.69) is 42.8 Å². The number of aryl methyl sites for hydroxylation is 1. The highest BCUT2D eigenvalue weighted by atomic mass is 16.1. The van der Waals surface area contributed by atoms with Crippen molar-refractivity contribution in [3.8, 4) is 22.6 Å². The van der Waals surface area contributed by atoms with Crippen LogP contribution in [-0.4, -0.2) is 53.0 Å². The van der Waals surface area contributed by atoms with Gasteiger partial charge in [0.2, 0.25) is 11.9 Å². The van der Waals surface area contributed by atoms with Crippen molar-refractivity contribution in [1.82, 2.24) is 40.6 Å². The van der Waals surface area contributed by atoms with E-state index in [-0.39, 0.29) is 12.3 Å². The Labute approximate surface area is 225 Å². The zero-order chi connectivity index (χ0) is 27.0. The predicted octanol–water partition coefficient (Wildman–Crippen LogP) is 4.02. The Balaban J connectivity index is 1.53. The lowest BCUT2D eigenvalue weighted by Gasteiger charge is -2.22. The molecule has 0 bridgehead atoms. The van der Waals surface area contributed by atoms with Gasteiger partial charge in [0.1, 0.15) is 11.6 Å². The molecule has 2 N–H and O–H groups in total. The maximum atomic E-state index is 13.0. The van der Waals surface area contributed by atoms with Crippen LogP contribution in [0.3, 0.4) is 0 Å². The van der Waals surface area contributed by atoms with Crippen molar-refractivity contribution in [3.63, 3.8) is 0 Å². The summed E-state index contributed by atoms with van der Waals surface area (Å²) in [7, 11) is 0. The van der Waals surface area contributed by atoms with Crippen LogP contribution in [0.15, 0.2) is 73.1 Å². The van der Waals surface area contributed by atoms with Crippen LogP contribution < -0.4 is 10.2 Å². The van der Waals surface area contributed by atoms with Crippen LogP contribution in [0.1, 0.15) is 30.3 Å². The Bertz CT molecular complexity index is 1520.